The van der Waals surface area contributed by atoms with Crippen LogP contribution < -0.4 is 4.90 Å². The Morgan fingerprint density at radius 1 is 1.09 bits per heavy atom. The van der Waals surface area contributed by atoms with Gasteiger partial charge in [0.1, 0.15) is 5.76 Å². The molecule has 4 aromatic rings. The number of hydrogen-bond acceptors (Lipinski definition) is 6. The van der Waals surface area contributed by atoms with Gasteiger partial charge in [-0.1, -0.05) is 23.5 Å². The Labute approximate surface area is 204 Å². The molecule has 0 atom stereocenters. The summed E-state index contributed by atoms with van der Waals surface area (Å²) in [6, 6.07) is 13.7. The number of thiazole rings is 1. The molecule has 1 saturated heterocycles. The van der Waals surface area contributed by atoms with Gasteiger partial charge in [-0.2, -0.15) is 4.31 Å². The summed E-state index contributed by atoms with van der Waals surface area (Å²) in [5.74, 6) is -2.31. The number of benzene rings is 2. The molecule has 182 valence electrons. The second-order valence-electron chi connectivity index (χ2n) is 8.22. The van der Waals surface area contributed by atoms with E-state index in [9.17, 15) is 22.0 Å². The number of aromatic nitrogens is 1. The molecular weight excluding hydrogens is 496 g/mol. The molecule has 7 nitrogen and oxygen atoms in total. The third kappa shape index (κ3) is 4.71. The summed E-state index contributed by atoms with van der Waals surface area (Å²) in [4.78, 5) is 19.5. The molecule has 2 aromatic heterocycles. The number of nitrogens with zero attached hydrogens (tertiary/aromatic N) is 3. The van der Waals surface area contributed by atoms with Gasteiger partial charge in [-0.15, -0.1) is 0 Å². The first-order valence-corrected chi connectivity index (χ1v) is 13.2. The van der Waals surface area contributed by atoms with Crippen LogP contribution in [0.1, 0.15) is 18.6 Å². The lowest BCUT2D eigenvalue weighted by Crippen LogP contribution is -2.44. The summed E-state index contributed by atoms with van der Waals surface area (Å²) in [6.07, 6.45) is 2.13. The molecule has 1 fully saturated rings. The van der Waals surface area contributed by atoms with Crippen molar-refractivity contribution in [2.45, 2.75) is 24.3 Å². The van der Waals surface area contributed by atoms with Crippen LogP contribution in [0.4, 0.5) is 13.9 Å². The highest BCUT2D eigenvalue weighted by Crippen LogP contribution is 2.33. The number of para-hydroxylation sites is 1. The first kappa shape index (κ1) is 23.6. The van der Waals surface area contributed by atoms with E-state index in [1.54, 1.807) is 17.0 Å². The maximum Gasteiger partial charge on any atom is 0.243 e. The fraction of sp³-hybridized carbons (Fsp3) is 0.250. The molecule has 35 heavy (non-hydrogen) atoms. The Kier molecular flexibility index (Phi) is 6.39. The molecule has 0 radical (unpaired) electrons. The number of fused-ring (bicyclic) bond motifs is 1. The Bertz CT molecular complexity index is 1430. The summed E-state index contributed by atoms with van der Waals surface area (Å²) in [6.45, 7) is 0.386. The van der Waals surface area contributed by atoms with Crippen molar-refractivity contribution in [3.05, 3.63) is 78.3 Å². The average Bonchev–Trinajstić information content (AvgIpc) is 3.53. The topological polar surface area (TPSA) is 83.7 Å². The Balaban J connectivity index is 1.35. The van der Waals surface area contributed by atoms with Crippen molar-refractivity contribution in [2.75, 3.05) is 18.0 Å². The van der Waals surface area contributed by atoms with Crippen LogP contribution in [-0.4, -0.2) is 36.7 Å². The smallest absolute Gasteiger partial charge is 0.243 e. The van der Waals surface area contributed by atoms with Gasteiger partial charge in [-0.3, -0.25) is 9.69 Å². The average molecular weight is 518 g/mol. The Hall–Kier alpha value is -3.15. The fourth-order valence-corrected chi connectivity index (χ4v) is 6.58. The quantitative estimate of drug-likeness (QED) is 0.367. The lowest BCUT2D eigenvalue weighted by Gasteiger charge is -2.32. The maximum absolute atomic E-state index is 13.6. The van der Waals surface area contributed by atoms with E-state index in [1.807, 2.05) is 24.3 Å². The van der Waals surface area contributed by atoms with Gasteiger partial charge in [0, 0.05) is 19.0 Å². The van der Waals surface area contributed by atoms with E-state index < -0.39 is 27.6 Å². The molecule has 0 unspecified atom stereocenters. The number of piperidine rings is 1. The molecule has 1 aliphatic heterocycles. The summed E-state index contributed by atoms with van der Waals surface area (Å²) in [5.41, 5.74) is 0.789. The van der Waals surface area contributed by atoms with Crippen molar-refractivity contribution < 1.29 is 26.4 Å². The van der Waals surface area contributed by atoms with E-state index in [-0.39, 0.29) is 30.4 Å². The molecule has 3 heterocycles. The van der Waals surface area contributed by atoms with Gasteiger partial charge in [-0.05, 0) is 55.3 Å². The zero-order chi connectivity index (χ0) is 24.6. The second-order valence-corrected chi connectivity index (χ2v) is 11.2. The number of sulfonamides is 1. The normalized spacial score (nSPS) is 15.5. The summed E-state index contributed by atoms with van der Waals surface area (Å²) in [5, 5.41) is 0.546. The molecule has 0 N–H and O–H groups in total. The van der Waals surface area contributed by atoms with Gasteiger partial charge in [0.25, 0.3) is 0 Å². The van der Waals surface area contributed by atoms with Crippen LogP contribution in [0, 0.1) is 17.6 Å². The van der Waals surface area contributed by atoms with Crippen molar-refractivity contribution >= 4 is 42.6 Å². The molecule has 0 aliphatic carbocycles. The van der Waals surface area contributed by atoms with E-state index >= 15 is 0 Å². The third-order valence-corrected chi connectivity index (χ3v) is 8.96. The summed E-state index contributed by atoms with van der Waals surface area (Å²) < 4.78 is 60.3. The second kappa shape index (κ2) is 9.48. The minimum atomic E-state index is -4.00. The molecule has 0 spiro atoms. The molecule has 5 rings (SSSR count). The number of carbonyl (C=O) groups is 1. The van der Waals surface area contributed by atoms with Crippen LogP contribution in [0.3, 0.4) is 0 Å². The lowest BCUT2D eigenvalue weighted by molar-refractivity contribution is -0.123. The standard InChI is InChI=1S/C24H21F2N3O4S2/c25-19-8-7-18(14-20(19)26)35(31,32)28-11-9-16(10-12-28)23(30)29(15-17-4-3-13-33-17)24-27-21-5-1-2-6-22(21)34-24/h1-8,13-14,16H,9-12,15H2. The van der Waals surface area contributed by atoms with Gasteiger partial charge in [-0.25, -0.2) is 22.2 Å². The lowest BCUT2D eigenvalue weighted by atomic mass is 9.96. The maximum atomic E-state index is 13.6. The van der Waals surface area contributed by atoms with Crippen molar-refractivity contribution in [1.29, 1.82) is 0 Å². The van der Waals surface area contributed by atoms with Crippen LogP contribution in [0.5, 0.6) is 0 Å². The number of rotatable bonds is 6. The van der Waals surface area contributed by atoms with Crippen molar-refractivity contribution in [3.8, 4) is 0 Å². The fourth-order valence-electron chi connectivity index (χ4n) is 4.12. The van der Waals surface area contributed by atoms with Crippen molar-refractivity contribution in [2.24, 2.45) is 5.92 Å². The van der Waals surface area contributed by atoms with Crippen LogP contribution in [0.2, 0.25) is 0 Å². The number of carbonyl (C=O) groups excluding carboxylic acids is 1. The van der Waals surface area contributed by atoms with E-state index in [0.717, 1.165) is 22.3 Å². The molecule has 1 amide bonds. The molecule has 0 bridgehead atoms. The predicted molar refractivity (Wildman–Crippen MR) is 127 cm³/mol. The van der Waals surface area contributed by atoms with E-state index in [2.05, 4.69) is 4.98 Å². The highest BCUT2D eigenvalue weighted by molar-refractivity contribution is 7.89. The minimum absolute atomic E-state index is 0.0895. The molecular formula is C24H21F2N3O4S2. The minimum Gasteiger partial charge on any atom is -0.467 e. The molecule has 1 aliphatic rings. The van der Waals surface area contributed by atoms with Crippen molar-refractivity contribution in [3.63, 3.8) is 0 Å². The Morgan fingerprint density at radius 3 is 2.54 bits per heavy atom. The highest BCUT2D eigenvalue weighted by Gasteiger charge is 2.35. The molecule has 11 heteroatoms. The van der Waals surface area contributed by atoms with E-state index in [0.29, 0.717) is 29.8 Å². The van der Waals surface area contributed by atoms with Crippen LogP contribution in [0.25, 0.3) is 10.2 Å². The monoisotopic (exact) mass is 517 g/mol. The number of hydrogen-bond donors (Lipinski definition) is 0. The van der Waals surface area contributed by atoms with Gasteiger partial charge < -0.3 is 4.42 Å². The SMILES string of the molecule is O=C(C1CCN(S(=O)(=O)c2ccc(F)c(F)c2)CC1)N(Cc1ccco1)c1nc2ccccc2s1. The first-order valence-electron chi connectivity index (χ1n) is 11.0. The number of furan rings is 1. The number of anilines is 1. The Morgan fingerprint density at radius 2 is 1.86 bits per heavy atom. The zero-order valence-electron chi connectivity index (χ0n) is 18.4. The van der Waals surface area contributed by atoms with E-state index in [1.165, 1.54) is 21.9 Å². The van der Waals surface area contributed by atoms with Gasteiger partial charge >= 0.3 is 0 Å². The van der Waals surface area contributed by atoms with Crippen molar-refractivity contribution in [1.82, 2.24) is 9.29 Å². The number of amides is 1. The van der Waals surface area contributed by atoms with Gasteiger partial charge in [0.05, 0.1) is 27.9 Å². The molecule has 0 saturated carbocycles. The first-order chi connectivity index (χ1) is 16.8. The predicted octanol–water partition coefficient (Wildman–Crippen LogP) is 4.80. The van der Waals surface area contributed by atoms with E-state index in [4.69, 9.17) is 4.42 Å². The highest BCUT2D eigenvalue weighted by atomic mass is 32.2. The third-order valence-electron chi connectivity index (χ3n) is 6.01. The summed E-state index contributed by atoms with van der Waals surface area (Å²) >= 11 is 1.40. The van der Waals surface area contributed by atoms with Gasteiger partial charge in [0.15, 0.2) is 16.8 Å². The molecule has 2 aromatic carbocycles. The van der Waals surface area contributed by atoms with Crippen LogP contribution >= 0.6 is 11.3 Å². The van der Waals surface area contributed by atoms with Gasteiger partial charge in [0.2, 0.25) is 15.9 Å². The zero-order valence-corrected chi connectivity index (χ0v) is 20.1. The van der Waals surface area contributed by atoms with Crippen LogP contribution in [0.15, 0.2) is 70.2 Å². The summed E-state index contributed by atoms with van der Waals surface area (Å²) in [7, 11) is -4.00. The van der Waals surface area contributed by atoms with Crippen LogP contribution in [-0.2, 0) is 21.4 Å². The number of halogens is 2. The largest absolute Gasteiger partial charge is 0.467 e.